The molecule has 0 aliphatic heterocycles. The molecule has 5 heteroatoms. The first-order chi connectivity index (χ1) is 11.6. The molecule has 0 radical (unpaired) electrons. The van der Waals surface area contributed by atoms with Crippen LogP contribution in [0.2, 0.25) is 0 Å². The van der Waals surface area contributed by atoms with Crippen LogP contribution in [0, 0.1) is 0 Å². The largest absolute Gasteiger partial charge is 0.326 e. The first-order valence-electron chi connectivity index (χ1n) is 7.45. The van der Waals surface area contributed by atoms with Crippen LogP contribution in [0.3, 0.4) is 0 Å². The molecule has 0 saturated heterocycles. The molecule has 3 rings (SSSR count). The van der Waals surface area contributed by atoms with Gasteiger partial charge in [-0.3, -0.25) is 9.59 Å². The molecule has 0 atom stereocenters. The lowest BCUT2D eigenvalue weighted by Crippen LogP contribution is -2.12. The van der Waals surface area contributed by atoms with E-state index in [1.54, 1.807) is 35.6 Å². The van der Waals surface area contributed by atoms with Gasteiger partial charge in [0.2, 0.25) is 5.91 Å². The van der Waals surface area contributed by atoms with Crippen LogP contribution in [-0.2, 0) is 4.79 Å². The first-order valence-corrected chi connectivity index (χ1v) is 8.33. The molecule has 0 aliphatic carbocycles. The number of benzene rings is 2. The summed E-state index contributed by atoms with van der Waals surface area (Å²) in [6.45, 7) is 1.45. The molecular weight excluding hydrogens is 320 g/mol. The number of hydrogen-bond acceptors (Lipinski definition) is 3. The molecule has 0 saturated carbocycles. The van der Waals surface area contributed by atoms with Crippen molar-refractivity contribution < 1.29 is 9.59 Å². The highest BCUT2D eigenvalue weighted by Crippen LogP contribution is 2.25. The highest BCUT2D eigenvalue weighted by molar-refractivity contribution is 7.13. The quantitative estimate of drug-likeness (QED) is 0.730. The lowest BCUT2D eigenvalue weighted by molar-refractivity contribution is -0.114. The predicted octanol–water partition coefficient (Wildman–Crippen LogP) is 4.63. The number of carbonyl (C=O) groups excluding carboxylic acids is 2. The van der Waals surface area contributed by atoms with Gasteiger partial charge in [0.15, 0.2) is 0 Å². The van der Waals surface area contributed by atoms with Crippen molar-refractivity contribution in [2.45, 2.75) is 6.92 Å². The third kappa shape index (κ3) is 3.88. The maximum atomic E-state index is 12.3. The first kappa shape index (κ1) is 16.0. The molecule has 0 aliphatic rings. The van der Waals surface area contributed by atoms with Gasteiger partial charge in [-0.1, -0.05) is 18.2 Å². The molecule has 0 spiro atoms. The fourth-order valence-electron chi connectivity index (χ4n) is 2.27. The van der Waals surface area contributed by atoms with Crippen molar-refractivity contribution in [3.8, 4) is 10.4 Å². The topological polar surface area (TPSA) is 58.2 Å². The van der Waals surface area contributed by atoms with Crippen LogP contribution in [0.25, 0.3) is 10.4 Å². The van der Waals surface area contributed by atoms with Crippen LogP contribution in [0.15, 0.2) is 66.0 Å². The van der Waals surface area contributed by atoms with Crippen molar-refractivity contribution in [2.75, 3.05) is 10.6 Å². The zero-order chi connectivity index (χ0) is 16.9. The summed E-state index contributed by atoms with van der Waals surface area (Å²) in [5.41, 5.74) is 3.07. The summed E-state index contributed by atoms with van der Waals surface area (Å²) in [5, 5.41) is 7.56. The standard InChI is InChI=1S/C19H16N2O2S/c1-13(22)20-16-8-10-17(11-9-16)21-19(23)15-6-4-14(5-7-15)18-3-2-12-24-18/h2-12H,1H3,(H,20,22)(H,21,23). The Labute approximate surface area is 144 Å². The zero-order valence-corrected chi connectivity index (χ0v) is 13.9. The summed E-state index contributed by atoms with van der Waals surface area (Å²) in [5.74, 6) is -0.294. The Bertz CT molecular complexity index is 838. The highest BCUT2D eigenvalue weighted by Gasteiger charge is 2.07. The van der Waals surface area contributed by atoms with Gasteiger partial charge < -0.3 is 10.6 Å². The number of carbonyl (C=O) groups is 2. The number of nitrogens with one attached hydrogen (secondary N) is 2. The molecule has 1 aromatic heterocycles. The van der Waals surface area contributed by atoms with Crippen LogP contribution >= 0.6 is 11.3 Å². The monoisotopic (exact) mass is 336 g/mol. The minimum absolute atomic E-state index is 0.127. The summed E-state index contributed by atoms with van der Waals surface area (Å²) in [7, 11) is 0. The molecule has 120 valence electrons. The number of anilines is 2. The van der Waals surface area contributed by atoms with E-state index in [9.17, 15) is 9.59 Å². The van der Waals surface area contributed by atoms with Gasteiger partial charge in [-0.2, -0.15) is 0 Å². The summed E-state index contributed by atoms with van der Waals surface area (Å²) in [6.07, 6.45) is 0. The third-order valence-corrected chi connectivity index (χ3v) is 4.33. The van der Waals surface area contributed by atoms with E-state index in [2.05, 4.69) is 16.7 Å². The molecule has 24 heavy (non-hydrogen) atoms. The second-order valence-corrected chi connectivity index (χ2v) is 6.22. The Morgan fingerprint density at radius 3 is 2.00 bits per heavy atom. The average molecular weight is 336 g/mol. The van der Waals surface area contributed by atoms with Crippen molar-refractivity contribution in [3.05, 3.63) is 71.6 Å². The molecule has 3 aromatic rings. The van der Waals surface area contributed by atoms with Gasteiger partial charge in [0, 0.05) is 28.7 Å². The Morgan fingerprint density at radius 2 is 1.46 bits per heavy atom. The minimum Gasteiger partial charge on any atom is -0.326 e. The summed E-state index contributed by atoms with van der Waals surface area (Å²) in [6, 6.07) is 18.6. The summed E-state index contributed by atoms with van der Waals surface area (Å²) in [4.78, 5) is 24.5. The molecule has 0 unspecified atom stereocenters. The Balaban J connectivity index is 1.67. The molecule has 2 amide bonds. The van der Waals surface area contributed by atoms with Crippen LogP contribution < -0.4 is 10.6 Å². The van der Waals surface area contributed by atoms with E-state index in [-0.39, 0.29) is 11.8 Å². The lowest BCUT2D eigenvalue weighted by atomic mass is 10.1. The molecule has 4 nitrogen and oxygen atoms in total. The van der Waals surface area contributed by atoms with E-state index >= 15 is 0 Å². The van der Waals surface area contributed by atoms with E-state index in [0.29, 0.717) is 16.9 Å². The van der Waals surface area contributed by atoms with Crippen molar-refractivity contribution in [1.82, 2.24) is 0 Å². The number of amides is 2. The highest BCUT2D eigenvalue weighted by atomic mass is 32.1. The normalized spacial score (nSPS) is 10.2. The summed E-state index contributed by atoms with van der Waals surface area (Å²) < 4.78 is 0. The Morgan fingerprint density at radius 1 is 0.833 bits per heavy atom. The number of rotatable bonds is 4. The van der Waals surface area contributed by atoms with Crippen LogP contribution in [0.4, 0.5) is 11.4 Å². The smallest absolute Gasteiger partial charge is 0.255 e. The third-order valence-electron chi connectivity index (χ3n) is 3.42. The van der Waals surface area contributed by atoms with Gasteiger partial charge >= 0.3 is 0 Å². The SMILES string of the molecule is CC(=O)Nc1ccc(NC(=O)c2ccc(-c3cccs3)cc2)cc1. The van der Waals surface area contributed by atoms with Crippen molar-refractivity contribution in [1.29, 1.82) is 0 Å². The van der Waals surface area contributed by atoms with Gasteiger partial charge in [0.1, 0.15) is 0 Å². The van der Waals surface area contributed by atoms with Crippen molar-refractivity contribution in [3.63, 3.8) is 0 Å². The van der Waals surface area contributed by atoms with Crippen LogP contribution in [0.1, 0.15) is 17.3 Å². The number of thiophene rings is 1. The van der Waals surface area contributed by atoms with E-state index < -0.39 is 0 Å². The fraction of sp³-hybridized carbons (Fsp3) is 0.0526. The van der Waals surface area contributed by atoms with Crippen molar-refractivity contribution >= 4 is 34.5 Å². The summed E-state index contributed by atoms with van der Waals surface area (Å²) >= 11 is 1.67. The number of hydrogen-bond donors (Lipinski definition) is 2. The molecule has 1 heterocycles. The molecule has 2 aromatic carbocycles. The maximum absolute atomic E-state index is 12.3. The second-order valence-electron chi connectivity index (χ2n) is 5.27. The van der Waals surface area contributed by atoms with E-state index in [1.807, 2.05) is 35.7 Å². The second kappa shape index (κ2) is 7.10. The van der Waals surface area contributed by atoms with Crippen LogP contribution in [-0.4, -0.2) is 11.8 Å². The predicted molar refractivity (Wildman–Crippen MR) is 98.5 cm³/mol. The Kier molecular flexibility index (Phi) is 4.72. The lowest BCUT2D eigenvalue weighted by Gasteiger charge is -2.07. The van der Waals surface area contributed by atoms with Gasteiger partial charge in [-0.15, -0.1) is 11.3 Å². The Hall–Kier alpha value is -2.92. The fourth-order valence-corrected chi connectivity index (χ4v) is 3.01. The zero-order valence-electron chi connectivity index (χ0n) is 13.1. The van der Waals surface area contributed by atoms with Gasteiger partial charge in [0.05, 0.1) is 0 Å². The van der Waals surface area contributed by atoms with Gasteiger partial charge in [-0.05, 0) is 53.4 Å². The van der Waals surface area contributed by atoms with E-state index in [4.69, 9.17) is 0 Å². The maximum Gasteiger partial charge on any atom is 0.255 e. The molecule has 0 bridgehead atoms. The molecular formula is C19H16N2O2S. The average Bonchev–Trinajstić information content (AvgIpc) is 3.11. The van der Waals surface area contributed by atoms with E-state index in [1.165, 1.54) is 11.8 Å². The van der Waals surface area contributed by atoms with Crippen molar-refractivity contribution in [2.24, 2.45) is 0 Å². The molecule has 2 N–H and O–H groups in total. The minimum atomic E-state index is -0.167. The van der Waals surface area contributed by atoms with E-state index in [0.717, 1.165) is 5.56 Å². The van der Waals surface area contributed by atoms with Crippen LogP contribution in [0.5, 0.6) is 0 Å². The molecule has 0 fully saturated rings. The van der Waals surface area contributed by atoms with Gasteiger partial charge in [0.25, 0.3) is 5.91 Å². The van der Waals surface area contributed by atoms with Gasteiger partial charge in [-0.25, -0.2) is 0 Å².